The van der Waals surface area contributed by atoms with Gasteiger partial charge in [-0.2, -0.15) is 0 Å². The predicted molar refractivity (Wildman–Crippen MR) is 84.4 cm³/mol. The number of hydrogen-bond acceptors (Lipinski definition) is 4. The average molecular weight is 297 g/mol. The molecule has 6 nitrogen and oxygen atoms in total. The Kier molecular flexibility index (Phi) is 4.48. The van der Waals surface area contributed by atoms with Crippen molar-refractivity contribution in [2.75, 3.05) is 25.0 Å². The van der Waals surface area contributed by atoms with Crippen molar-refractivity contribution in [3.05, 3.63) is 54.4 Å². The van der Waals surface area contributed by atoms with E-state index in [0.717, 1.165) is 13.0 Å². The van der Waals surface area contributed by atoms with Gasteiger partial charge in [0.15, 0.2) is 0 Å². The van der Waals surface area contributed by atoms with Crippen molar-refractivity contribution < 1.29 is 4.79 Å². The fourth-order valence-corrected chi connectivity index (χ4v) is 2.49. The van der Waals surface area contributed by atoms with E-state index in [4.69, 9.17) is 0 Å². The number of urea groups is 1. The van der Waals surface area contributed by atoms with Crippen LogP contribution in [0.3, 0.4) is 0 Å². The van der Waals surface area contributed by atoms with Gasteiger partial charge in [-0.25, -0.2) is 14.8 Å². The van der Waals surface area contributed by atoms with Crippen LogP contribution in [0.25, 0.3) is 0 Å². The molecule has 0 unspecified atom stereocenters. The van der Waals surface area contributed by atoms with Crippen LogP contribution in [0.4, 0.5) is 10.7 Å². The zero-order chi connectivity index (χ0) is 15.2. The third-order valence-electron chi connectivity index (χ3n) is 3.71. The van der Waals surface area contributed by atoms with Crippen molar-refractivity contribution in [2.24, 2.45) is 0 Å². The maximum atomic E-state index is 12.2. The second-order valence-corrected chi connectivity index (χ2v) is 5.14. The molecule has 114 valence electrons. The highest BCUT2D eigenvalue weighted by Gasteiger charge is 2.32. The van der Waals surface area contributed by atoms with Crippen LogP contribution in [0.1, 0.15) is 18.0 Å². The number of hydrogen-bond donors (Lipinski definition) is 2. The Bertz CT molecular complexity index is 604. The second-order valence-electron chi connectivity index (χ2n) is 5.14. The lowest BCUT2D eigenvalue weighted by atomic mass is 9.95. The van der Waals surface area contributed by atoms with Gasteiger partial charge in [-0.05, 0) is 18.1 Å². The number of nitrogens with one attached hydrogen (secondary N) is 2. The van der Waals surface area contributed by atoms with E-state index in [0.29, 0.717) is 19.0 Å². The standard InChI is InChI=1S/C16H19N5O/c22-16(20-11-10-19-15-17-8-4-9-18-15)21-12-7-14(21)13-5-2-1-3-6-13/h1-6,8-9,14H,7,10-12H2,(H,20,22)(H,17,18,19)/t14-/m0/s1. The average Bonchev–Trinajstić information content (AvgIpc) is 2.53. The number of carbonyl (C=O) groups is 1. The van der Waals surface area contributed by atoms with Gasteiger partial charge in [0.1, 0.15) is 0 Å². The van der Waals surface area contributed by atoms with E-state index in [1.807, 2.05) is 23.1 Å². The highest BCUT2D eigenvalue weighted by Crippen LogP contribution is 2.32. The summed E-state index contributed by atoms with van der Waals surface area (Å²) in [6, 6.07) is 12.1. The Hall–Kier alpha value is -2.63. The van der Waals surface area contributed by atoms with E-state index in [1.165, 1.54) is 5.56 Å². The Morgan fingerprint density at radius 1 is 1.14 bits per heavy atom. The summed E-state index contributed by atoms with van der Waals surface area (Å²) >= 11 is 0. The number of carbonyl (C=O) groups excluding carboxylic acids is 1. The lowest BCUT2D eigenvalue weighted by Crippen LogP contribution is -2.50. The summed E-state index contributed by atoms with van der Waals surface area (Å²) in [6.45, 7) is 1.94. The Morgan fingerprint density at radius 2 is 1.91 bits per heavy atom. The SMILES string of the molecule is O=C(NCCNc1ncccn1)N1CC[C@H]1c1ccccc1. The van der Waals surface area contributed by atoms with Crippen LogP contribution in [-0.4, -0.2) is 40.5 Å². The fraction of sp³-hybridized carbons (Fsp3) is 0.312. The Labute approximate surface area is 129 Å². The predicted octanol–water partition coefficient (Wildman–Crippen LogP) is 2.05. The minimum atomic E-state index is -0.0177. The van der Waals surface area contributed by atoms with Gasteiger partial charge in [0.25, 0.3) is 0 Å². The van der Waals surface area contributed by atoms with Gasteiger partial charge < -0.3 is 15.5 Å². The van der Waals surface area contributed by atoms with Crippen LogP contribution in [0.5, 0.6) is 0 Å². The smallest absolute Gasteiger partial charge is 0.317 e. The lowest BCUT2D eigenvalue weighted by Gasteiger charge is -2.41. The molecule has 0 saturated carbocycles. The first-order valence-corrected chi connectivity index (χ1v) is 7.45. The first-order valence-electron chi connectivity index (χ1n) is 7.45. The summed E-state index contributed by atoms with van der Waals surface area (Å²) < 4.78 is 0. The van der Waals surface area contributed by atoms with Crippen molar-refractivity contribution in [3.8, 4) is 0 Å². The monoisotopic (exact) mass is 297 g/mol. The van der Waals surface area contributed by atoms with Crippen molar-refractivity contribution in [1.29, 1.82) is 0 Å². The molecule has 0 bridgehead atoms. The molecule has 1 saturated heterocycles. The van der Waals surface area contributed by atoms with Crippen LogP contribution in [0, 0.1) is 0 Å². The third-order valence-corrected chi connectivity index (χ3v) is 3.71. The molecule has 1 aliphatic rings. The van der Waals surface area contributed by atoms with E-state index in [9.17, 15) is 4.79 Å². The molecule has 2 aromatic rings. The van der Waals surface area contributed by atoms with Gasteiger partial charge >= 0.3 is 6.03 Å². The van der Waals surface area contributed by atoms with Gasteiger partial charge in [-0.1, -0.05) is 30.3 Å². The van der Waals surface area contributed by atoms with E-state index in [-0.39, 0.29) is 12.1 Å². The van der Waals surface area contributed by atoms with Crippen LogP contribution < -0.4 is 10.6 Å². The van der Waals surface area contributed by atoms with Crippen LogP contribution >= 0.6 is 0 Å². The van der Waals surface area contributed by atoms with Crippen LogP contribution in [-0.2, 0) is 0 Å². The summed E-state index contributed by atoms with van der Waals surface area (Å²) in [5.74, 6) is 0.572. The highest BCUT2D eigenvalue weighted by atomic mass is 16.2. The minimum absolute atomic E-state index is 0.0177. The zero-order valence-corrected chi connectivity index (χ0v) is 12.3. The van der Waals surface area contributed by atoms with E-state index >= 15 is 0 Å². The minimum Gasteiger partial charge on any atom is -0.352 e. The molecule has 1 fully saturated rings. The Balaban J connectivity index is 1.43. The number of rotatable bonds is 5. The van der Waals surface area contributed by atoms with Gasteiger partial charge in [0, 0.05) is 32.0 Å². The lowest BCUT2D eigenvalue weighted by molar-refractivity contribution is 0.115. The summed E-state index contributed by atoms with van der Waals surface area (Å²) in [5, 5.41) is 5.99. The molecule has 2 amide bonds. The molecule has 22 heavy (non-hydrogen) atoms. The second kappa shape index (κ2) is 6.89. The molecule has 1 aliphatic heterocycles. The van der Waals surface area contributed by atoms with Crippen LogP contribution in [0.15, 0.2) is 48.8 Å². The van der Waals surface area contributed by atoms with Crippen molar-refractivity contribution in [2.45, 2.75) is 12.5 Å². The van der Waals surface area contributed by atoms with Gasteiger partial charge in [-0.3, -0.25) is 0 Å². The number of nitrogens with zero attached hydrogens (tertiary/aromatic N) is 3. The highest BCUT2D eigenvalue weighted by molar-refractivity contribution is 5.75. The number of amides is 2. The first-order chi connectivity index (χ1) is 10.8. The fourth-order valence-electron chi connectivity index (χ4n) is 2.49. The first kappa shape index (κ1) is 14.3. The maximum absolute atomic E-state index is 12.2. The van der Waals surface area contributed by atoms with Gasteiger partial charge in [0.2, 0.25) is 5.95 Å². The van der Waals surface area contributed by atoms with Crippen molar-refractivity contribution >= 4 is 12.0 Å². The summed E-state index contributed by atoms with van der Waals surface area (Å²) in [4.78, 5) is 22.2. The molecule has 1 aromatic heterocycles. The molecule has 0 radical (unpaired) electrons. The molecule has 1 atom stereocenters. The van der Waals surface area contributed by atoms with E-state index in [1.54, 1.807) is 18.5 Å². The molecule has 3 rings (SSSR count). The largest absolute Gasteiger partial charge is 0.352 e. The molecule has 2 N–H and O–H groups in total. The Morgan fingerprint density at radius 3 is 2.59 bits per heavy atom. The maximum Gasteiger partial charge on any atom is 0.317 e. The van der Waals surface area contributed by atoms with Crippen molar-refractivity contribution in [3.63, 3.8) is 0 Å². The topological polar surface area (TPSA) is 70.1 Å². The normalized spacial score (nSPS) is 16.7. The quantitative estimate of drug-likeness (QED) is 0.829. The molecule has 6 heteroatoms. The van der Waals surface area contributed by atoms with Gasteiger partial charge in [-0.15, -0.1) is 0 Å². The van der Waals surface area contributed by atoms with E-state index < -0.39 is 0 Å². The number of aromatic nitrogens is 2. The zero-order valence-electron chi connectivity index (χ0n) is 12.3. The third kappa shape index (κ3) is 3.33. The summed E-state index contributed by atoms with van der Waals surface area (Å²) in [6.07, 6.45) is 4.38. The molecule has 0 aliphatic carbocycles. The van der Waals surface area contributed by atoms with Crippen molar-refractivity contribution in [1.82, 2.24) is 20.2 Å². The summed E-state index contributed by atoms with van der Waals surface area (Å²) in [5.41, 5.74) is 1.19. The molecule has 0 spiro atoms. The number of likely N-dealkylation sites (tertiary alicyclic amines) is 1. The molecular weight excluding hydrogens is 278 g/mol. The molecule has 2 heterocycles. The number of anilines is 1. The van der Waals surface area contributed by atoms with E-state index in [2.05, 4.69) is 32.7 Å². The molecular formula is C16H19N5O. The molecule has 1 aromatic carbocycles. The summed E-state index contributed by atoms with van der Waals surface area (Å²) in [7, 11) is 0. The van der Waals surface area contributed by atoms with Gasteiger partial charge in [0.05, 0.1) is 6.04 Å². The van der Waals surface area contributed by atoms with Crippen LogP contribution in [0.2, 0.25) is 0 Å². The number of benzene rings is 1.